The molecule has 1 aromatic carbocycles. The van der Waals surface area contributed by atoms with E-state index in [1.807, 2.05) is 37.5 Å². The lowest BCUT2D eigenvalue weighted by Gasteiger charge is -2.22. The maximum absolute atomic E-state index is 5.43. The van der Waals surface area contributed by atoms with Crippen molar-refractivity contribution in [3.8, 4) is 11.5 Å². The van der Waals surface area contributed by atoms with Crippen molar-refractivity contribution in [2.45, 2.75) is 20.0 Å². The predicted molar refractivity (Wildman–Crippen MR) is 93.2 cm³/mol. The van der Waals surface area contributed by atoms with E-state index in [1.54, 1.807) is 7.05 Å². The number of benzene rings is 1. The van der Waals surface area contributed by atoms with Gasteiger partial charge in [0, 0.05) is 26.8 Å². The van der Waals surface area contributed by atoms with Crippen LogP contribution in [0.1, 0.15) is 16.8 Å². The van der Waals surface area contributed by atoms with Crippen LogP contribution in [0, 0.1) is 6.92 Å². The number of nitrogens with zero attached hydrogens (tertiary/aromatic N) is 3. The largest absolute Gasteiger partial charge is 0.454 e. The molecule has 6 nitrogen and oxygen atoms in total. The van der Waals surface area contributed by atoms with Gasteiger partial charge in [-0.3, -0.25) is 9.98 Å². The maximum Gasteiger partial charge on any atom is 0.231 e. The van der Waals surface area contributed by atoms with Crippen LogP contribution in [-0.2, 0) is 13.1 Å². The summed E-state index contributed by atoms with van der Waals surface area (Å²) < 4.78 is 10.8. The van der Waals surface area contributed by atoms with E-state index in [-0.39, 0.29) is 0 Å². The second kappa shape index (κ2) is 7.21. The third kappa shape index (κ3) is 3.59. The second-order valence-electron chi connectivity index (χ2n) is 5.71. The van der Waals surface area contributed by atoms with Crippen LogP contribution in [0.5, 0.6) is 11.5 Å². The van der Waals surface area contributed by atoms with E-state index in [4.69, 9.17) is 9.47 Å². The topological polar surface area (TPSA) is 59.0 Å². The first-order chi connectivity index (χ1) is 11.7. The lowest BCUT2D eigenvalue weighted by atomic mass is 10.2. The number of pyridine rings is 1. The van der Waals surface area contributed by atoms with E-state index in [2.05, 4.69) is 33.2 Å². The number of aromatic nitrogens is 1. The molecule has 126 valence electrons. The van der Waals surface area contributed by atoms with Gasteiger partial charge in [0.1, 0.15) is 0 Å². The molecule has 1 aliphatic heterocycles. The van der Waals surface area contributed by atoms with Crippen LogP contribution in [-0.4, -0.2) is 36.7 Å². The molecule has 24 heavy (non-hydrogen) atoms. The van der Waals surface area contributed by atoms with E-state index in [0.29, 0.717) is 13.3 Å². The Morgan fingerprint density at radius 2 is 2.12 bits per heavy atom. The van der Waals surface area contributed by atoms with Crippen molar-refractivity contribution in [2.24, 2.45) is 4.99 Å². The quantitative estimate of drug-likeness (QED) is 0.690. The summed E-state index contributed by atoms with van der Waals surface area (Å²) in [5, 5.41) is 3.36. The van der Waals surface area contributed by atoms with Gasteiger partial charge in [-0.05, 0) is 36.2 Å². The monoisotopic (exact) mass is 326 g/mol. The van der Waals surface area contributed by atoms with Crippen molar-refractivity contribution in [3.05, 3.63) is 53.3 Å². The first-order valence-corrected chi connectivity index (χ1v) is 7.88. The standard InChI is InChI=1S/C18H22N4O2/c1-13-5-4-8-20-15(13)10-21-18(19-2)22(3)11-14-6-7-16-17(9-14)24-12-23-16/h4-9H,10-12H2,1-3H3,(H,19,21). The number of aryl methyl sites for hydroxylation is 1. The van der Waals surface area contributed by atoms with Crippen molar-refractivity contribution in [2.75, 3.05) is 20.9 Å². The Bertz CT molecular complexity index is 746. The van der Waals surface area contributed by atoms with Gasteiger partial charge < -0.3 is 19.7 Å². The van der Waals surface area contributed by atoms with Crippen molar-refractivity contribution < 1.29 is 9.47 Å². The molecule has 0 atom stereocenters. The van der Waals surface area contributed by atoms with Crippen LogP contribution in [0.25, 0.3) is 0 Å². The van der Waals surface area contributed by atoms with E-state index >= 15 is 0 Å². The van der Waals surface area contributed by atoms with Crippen LogP contribution in [0.15, 0.2) is 41.5 Å². The number of fused-ring (bicyclic) bond motifs is 1. The Balaban J connectivity index is 1.62. The summed E-state index contributed by atoms with van der Waals surface area (Å²) >= 11 is 0. The molecule has 1 aliphatic rings. The zero-order valence-electron chi connectivity index (χ0n) is 14.2. The number of ether oxygens (including phenoxy) is 2. The third-order valence-corrected chi connectivity index (χ3v) is 3.96. The normalized spacial score (nSPS) is 13.0. The summed E-state index contributed by atoms with van der Waals surface area (Å²) in [5.41, 5.74) is 3.33. The first kappa shape index (κ1) is 16.1. The van der Waals surface area contributed by atoms with Crippen LogP contribution in [0.2, 0.25) is 0 Å². The minimum absolute atomic E-state index is 0.293. The summed E-state index contributed by atoms with van der Waals surface area (Å²) in [7, 11) is 3.79. The molecule has 0 spiro atoms. The van der Waals surface area contributed by atoms with Gasteiger partial charge in [0.2, 0.25) is 6.79 Å². The summed E-state index contributed by atoms with van der Waals surface area (Å²) in [6.45, 7) is 3.71. The minimum atomic E-state index is 0.293. The fraction of sp³-hybridized carbons (Fsp3) is 0.333. The summed E-state index contributed by atoms with van der Waals surface area (Å²) in [6.07, 6.45) is 1.81. The average molecular weight is 326 g/mol. The van der Waals surface area contributed by atoms with Crippen LogP contribution in [0.3, 0.4) is 0 Å². The summed E-state index contributed by atoms with van der Waals surface area (Å²) in [5.74, 6) is 2.42. The van der Waals surface area contributed by atoms with Crippen molar-refractivity contribution >= 4 is 5.96 Å². The van der Waals surface area contributed by atoms with Gasteiger partial charge in [-0.2, -0.15) is 0 Å². The molecule has 0 amide bonds. The van der Waals surface area contributed by atoms with Gasteiger partial charge in [-0.1, -0.05) is 12.1 Å². The molecule has 6 heteroatoms. The smallest absolute Gasteiger partial charge is 0.231 e. The van der Waals surface area contributed by atoms with Gasteiger partial charge in [-0.15, -0.1) is 0 Å². The Kier molecular flexibility index (Phi) is 4.84. The zero-order valence-corrected chi connectivity index (χ0v) is 14.2. The van der Waals surface area contributed by atoms with Crippen molar-refractivity contribution in [3.63, 3.8) is 0 Å². The molecule has 0 bridgehead atoms. The third-order valence-electron chi connectivity index (χ3n) is 3.96. The molecule has 0 saturated carbocycles. The Labute approximate surface area is 142 Å². The Morgan fingerprint density at radius 3 is 2.92 bits per heavy atom. The highest BCUT2D eigenvalue weighted by molar-refractivity contribution is 5.79. The number of rotatable bonds is 4. The summed E-state index contributed by atoms with van der Waals surface area (Å²) in [6, 6.07) is 10.00. The van der Waals surface area contributed by atoms with E-state index in [9.17, 15) is 0 Å². The molecule has 1 aromatic heterocycles. The Hall–Kier alpha value is -2.76. The number of hydrogen-bond donors (Lipinski definition) is 1. The number of aliphatic imine (C=N–C) groups is 1. The molecule has 2 heterocycles. The maximum atomic E-state index is 5.43. The van der Waals surface area contributed by atoms with Gasteiger partial charge in [0.15, 0.2) is 17.5 Å². The molecule has 0 fully saturated rings. The van der Waals surface area contributed by atoms with Crippen LogP contribution >= 0.6 is 0 Å². The highest BCUT2D eigenvalue weighted by atomic mass is 16.7. The lowest BCUT2D eigenvalue weighted by molar-refractivity contribution is 0.174. The fourth-order valence-electron chi connectivity index (χ4n) is 2.64. The number of hydrogen-bond acceptors (Lipinski definition) is 4. The molecule has 0 unspecified atom stereocenters. The van der Waals surface area contributed by atoms with E-state index in [1.165, 1.54) is 5.56 Å². The SMILES string of the molecule is CN=C(NCc1ncccc1C)N(C)Cc1ccc2c(c1)OCO2. The van der Waals surface area contributed by atoms with Gasteiger partial charge in [-0.25, -0.2) is 0 Å². The molecule has 2 aromatic rings. The number of nitrogens with one attached hydrogen (secondary N) is 1. The number of guanidine groups is 1. The van der Waals surface area contributed by atoms with Crippen LogP contribution in [0.4, 0.5) is 0 Å². The molecule has 0 radical (unpaired) electrons. The zero-order chi connectivity index (χ0) is 16.9. The molecular formula is C18H22N4O2. The lowest BCUT2D eigenvalue weighted by Crippen LogP contribution is -2.38. The van der Waals surface area contributed by atoms with Gasteiger partial charge in [0.25, 0.3) is 0 Å². The second-order valence-corrected chi connectivity index (χ2v) is 5.71. The fourth-order valence-corrected chi connectivity index (χ4v) is 2.64. The highest BCUT2D eigenvalue weighted by Crippen LogP contribution is 2.32. The van der Waals surface area contributed by atoms with Gasteiger partial charge in [0.05, 0.1) is 12.2 Å². The average Bonchev–Trinajstić information content (AvgIpc) is 3.04. The van der Waals surface area contributed by atoms with Crippen molar-refractivity contribution in [1.29, 1.82) is 0 Å². The molecule has 3 rings (SSSR count). The van der Waals surface area contributed by atoms with Gasteiger partial charge >= 0.3 is 0 Å². The molecule has 0 aliphatic carbocycles. The summed E-state index contributed by atoms with van der Waals surface area (Å²) in [4.78, 5) is 10.8. The Morgan fingerprint density at radius 1 is 1.29 bits per heavy atom. The van der Waals surface area contributed by atoms with Crippen molar-refractivity contribution in [1.82, 2.24) is 15.2 Å². The minimum Gasteiger partial charge on any atom is -0.454 e. The van der Waals surface area contributed by atoms with Crippen LogP contribution < -0.4 is 14.8 Å². The predicted octanol–water partition coefficient (Wildman–Crippen LogP) is 2.33. The first-order valence-electron chi connectivity index (χ1n) is 7.88. The molecule has 0 saturated heterocycles. The van der Waals surface area contributed by atoms with E-state index < -0.39 is 0 Å². The van der Waals surface area contributed by atoms with E-state index in [0.717, 1.165) is 35.3 Å². The molecular weight excluding hydrogens is 304 g/mol. The highest BCUT2D eigenvalue weighted by Gasteiger charge is 2.14. The molecule has 1 N–H and O–H groups in total.